The van der Waals surface area contributed by atoms with Crippen LogP contribution in [0.5, 0.6) is 0 Å². The molecule has 1 N–H and O–H groups in total. The summed E-state index contributed by atoms with van der Waals surface area (Å²) in [7, 11) is 0. The van der Waals surface area contributed by atoms with Crippen molar-refractivity contribution in [3.8, 4) is 0 Å². The van der Waals surface area contributed by atoms with Crippen LogP contribution < -0.4 is 0 Å². The first-order chi connectivity index (χ1) is 8.41. The minimum Gasteiger partial charge on any atom is -0.481 e. The summed E-state index contributed by atoms with van der Waals surface area (Å²) in [5.41, 5.74) is -0.658. The third-order valence-electron chi connectivity index (χ3n) is 3.65. The Kier molecular flexibility index (Phi) is 4.99. The number of hydrogen-bond donors (Lipinski definition) is 1. The van der Waals surface area contributed by atoms with Crippen molar-refractivity contribution >= 4 is 12.1 Å². The van der Waals surface area contributed by atoms with Gasteiger partial charge in [0.2, 0.25) is 0 Å². The van der Waals surface area contributed by atoms with Gasteiger partial charge in [-0.15, -0.1) is 0 Å². The molecular formula is C13H23NO4. The summed E-state index contributed by atoms with van der Waals surface area (Å²) in [5, 5.41) is 9.26. The van der Waals surface area contributed by atoms with Gasteiger partial charge in [0.25, 0.3) is 0 Å². The zero-order valence-electron chi connectivity index (χ0n) is 11.4. The molecule has 1 amide bonds. The number of rotatable bonds is 4. The van der Waals surface area contributed by atoms with Crippen LogP contribution in [0.25, 0.3) is 0 Å². The maximum Gasteiger partial charge on any atom is 0.409 e. The van der Waals surface area contributed by atoms with Crippen LogP contribution >= 0.6 is 0 Å². The second-order valence-electron chi connectivity index (χ2n) is 5.40. The maximum absolute atomic E-state index is 11.7. The highest BCUT2D eigenvalue weighted by atomic mass is 16.6. The number of carbonyl (C=O) groups is 2. The number of carboxylic acids is 1. The highest BCUT2D eigenvalue weighted by Gasteiger charge is 2.41. The average Bonchev–Trinajstić information content (AvgIpc) is 2.35. The van der Waals surface area contributed by atoms with E-state index >= 15 is 0 Å². The van der Waals surface area contributed by atoms with Gasteiger partial charge in [-0.25, -0.2) is 4.79 Å². The molecule has 1 fully saturated rings. The number of piperidine rings is 1. The van der Waals surface area contributed by atoms with Crippen molar-refractivity contribution < 1.29 is 19.4 Å². The lowest BCUT2D eigenvalue weighted by atomic mass is 9.76. The molecule has 5 nitrogen and oxygen atoms in total. The topological polar surface area (TPSA) is 66.8 Å². The molecule has 1 aliphatic rings. The first-order valence-electron chi connectivity index (χ1n) is 6.56. The van der Waals surface area contributed by atoms with Gasteiger partial charge in [-0.05, 0) is 25.2 Å². The van der Waals surface area contributed by atoms with Gasteiger partial charge in [-0.1, -0.05) is 20.8 Å². The van der Waals surface area contributed by atoms with Gasteiger partial charge in [0.15, 0.2) is 0 Å². The Morgan fingerprint density at radius 1 is 1.33 bits per heavy atom. The number of carboxylic acid groups (broad SMARTS) is 1. The van der Waals surface area contributed by atoms with Crippen LogP contribution in [0.15, 0.2) is 0 Å². The molecule has 0 aliphatic carbocycles. The number of amides is 1. The molecule has 0 aromatic heterocycles. The van der Waals surface area contributed by atoms with Gasteiger partial charge in [-0.2, -0.15) is 0 Å². The van der Waals surface area contributed by atoms with Crippen LogP contribution in [0.4, 0.5) is 4.79 Å². The standard InChI is InChI=1S/C13H23NO4/c1-4-13(11(15)16)5-7-14(8-6-13)12(17)18-9-10(2)3/h10H,4-9H2,1-3H3,(H,15,16). The van der Waals surface area contributed by atoms with Gasteiger partial charge in [-0.3, -0.25) is 4.79 Å². The minimum atomic E-state index is -0.750. The fraction of sp³-hybridized carbons (Fsp3) is 0.846. The number of likely N-dealkylation sites (tertiary alicyclic amines) is 1. The number of ether oxygens (including phenoxy) is 1. The molecule has 0 spiro atoms. The van der Waals surface area contributed by atoms with Gasteiger partial charge < -0.3 is 14.7 Å². The lowest BCUT2D eigenvalue weighted by molar-refractivity contribution is -0.152. The molecule has 1 rings (SSSR count). The van der Waals surface area contributed by atoms with Gasteiger partial charge in [0.05, 0.1) is 12.0 Å². The zero-order chi connectivity index (χ0) is 13.8. The molecule has 1 aliphatic heterocycles. The Labute approximate surface area is 108 Å². The second-order valence-corrected chi connectivity index (χ2v) is 5.40. The fourth-order valence-electron chi connectivity index (χ4n) is 2.17. The monoisotopic (exact) mass is 257 g/mol. The fourth-order valence-corrected chi connectivity index (χ4v) is 2.17. The Bertz CT molecular complexity index is 306. The quantitative estimate of drug-likeness (QED) is 0.839. The number of nitrogens with zero attached hydrogens (tertiary/aromatic N) is 1. The third kappa shape index (κ3) is 3.37. The molecule has 1 saturated heterocycles. The smallest absolute Gasteiger partial charge is 0.409 e. The Morgan fingerprint density at radius 3 is 2.28 bits per heavy atom. The Hall–Kier alpha value is -1.26. The normalized spacial score (nSPS) is 18.8. The van der Waals surface area contributed by atoms with E-state index in [0.717, 1.165) is 0 Å². The van der Waals surface area contributed by atoms with Crippen molar-refractivity contribution in [2.45, 2.75) is 40.0 Å². The average molecular weight is 257 g/mol. The Balaban J connectivity index is 2.48. The van der Waals surface area contributed by atoms with Crippen LogP contribution in [0, 0.1) is 11.3 Å². The van der Waals surface area contributed by atoms with Gasteiger partial charge >= 0.3 is 12.1 Å². The van der Waals surface area contributed by atoms with Crippen LogP contribution in [0.2, 0.25) is 0 Å². The molecule has 104 valence electrons. The van der Waals surface area contributed by atoms with Gasteiger partial charge in [0, 0.05) is 13.1 Å². The SMILES string of the molecule is CCC1(C(=O)O)CCN(C(=O)OCC(C)C)CC1. The molecule has 0 aromatic carbocycles. The first-order valence-corrected chi connectivity index (χ1v) is 6.56. The summed E-state index contributed by atoms with van der Waals surface area (Å²) in [5.74, 6) is -0.437. The summed E-state index contributed by atoms with van der Waals surface area (Å²) in [6, 6.07) is 0. The van der Waals surface area contributed by atoms with E-state index in [-0.39, 0.29) is 6.09 Å². The molecular weight excluding hydrogens is 234 g/mol. The first kappa shape index (κ1) is 14.8. The number of aliphatic carboxylic acids is 1. The predicted octanol–water partition coefficient (Wildman–Crippen LogP) is 2.36. The molecule has 0 atom stereocenters. The summed E-state index contributed by atoms with van der Waals surface area (Å²) < 4.78 is 5.14. The highest BCUT2D eigenvalue weighted by Crippen LogP contribution is 2.35. The van der Waals surface area contributed by atoms with Crippen molar-refractivity contribution in [1.29, 1.82) is 0 Å². The largest absolute Gasteiger partial charge is 0.481 e. The minimum absolute atomic E-state index is 0.312. The van der Waals surface area contributed by atoms with Crippen LogP contribution in [0.1, 0.15) is 40.0 Å². The van der Waals surface area contributed by atoms with Crippen molar-refractivity contribution in [3.05, 3.63) is 0 Å². The van der Waals surface area contributed by atoms with Crippen molar-refractivity contribution in [1.82, 2.24) is 4.90 Å². The predicted molar refractivity (Wildman–Crippen MR) is 67.4 cm³/mol. The zero-order valence-corrected chi connectivity index (χ0v) is 11.4. The van der Waals surface area contributed by atoms with Crippen molar-refractivity contribution in [2.24, 2.45) is 11.3 Å². The molecule has 0 radical (unpaired) electrons. The molecule has 0 bridgehead atoms. The summed E-state index contributed by atoms with van der Waals surface area (Å²) in [6.07, 6.45) is 1.31. The highest BCUT2D eigenvalue weighted by molar-refractivity contribution is 5.75. The summed E-state index contributed by atoms with van der Waals surface area (Å²) in [4.78, 5) is 24.6. The van der Waals surface area contributed by atoms with Crippen molar-refractivity contribution in [2.75, 3.05) is 19.7 Å². The lowest BCUT2D eigenvalue weighted by Crippen LogP contribution is -2.46. The van der Waals surface area contributed by atoms with E-state index in [9.17, 15) is 14.7 Å². The number of carbonyl (C=O) groups excluding carboxylic acids is 1. The second kappa shape index (κ2) is 6.07. The van der Waals surface area contributed by atoms with Crippen molar-refractivity contribution in [3.63, 3.8) is 0 Å². The van der Waals surface area contributed by atoms with E-state index in [0.29, 0.717) is 44.9 Å². The van der Waals surface area contributed by atoms with E-state index in [4.69, 9.17) is 4.74 Å². The van der Waals surface area contributed by atoms with E-state index in [2.05, 4.69) is 0 Å². The molecule has 1 heterocycles. The van der Waals surface area contributed by atoms with E-state index < -0.39 is 11.4 Å². The van der Waals surface area contributed by atoms with E-state index in [1.165, 1.54) is 0 Å². The van der Waals surface area contributed by atoms with E-state index in [1.807, 2.05) is 20.8 Å². The molecule has 0 aromatic rings. The summed E-state index contributed by atoms with van der Waals surface area (Å²) in [6.45, 7) is 7.20. The van der Waals surface area contributed by atoms with Crippen LogP contribution in [-0.2, 0) is 9.53 Å². The molecule has 0 unspecified atom stereocenters. The lowest BCUT2D eigenvalue weighted by Gasteiger charge is -2.37. The third-order valence-corrected chi connectivity index (χ3v) is 3.65. The maximum atomic E-state index is 11.7. The molecule has 18 heavy (non-hydrogen) atoms. The summed E-state index contributed by atoms with van der Waals surface area (Å²) >= 11 is 0. The molecule has 0 saturated carbocycles. The number of hydrogen-bond acceptors (Lipinski definition) is 3. The van der Waals surface area contributed by atoms with Crippen LogP contribution in [0.3, 0.4) is 0 Å². The Morgan fingerprint density at radius 2 is 1.89 bits per heavy atom. The van der Waals surface area contributed by atoms with Crippen LogP contribution in [-0.4, -0.2) is 41.8 Å². The van der Waals surface area contributed by atoms with Gasteiger partial charge in [0.1, 0.15) is 0 Å². The van der Waals surface area contributed by atoms with E-state index in [1.54, 1.807) is 4.90 Å². The molecule has 5 heteroatoms.